The van der Waals surface area contributed by atoms with Gasteiger partial charge in [0.2, 0.25) is 5.91 Å². The number of nitrogens with zero attached hydrogens (tertiary/aromatic N) is 1. The Bertz CT molecular complexity index is 766. The molecule has 1 aliphatic rings. The van der Waals surface area contributed by atoms with Crippen molar-refractivity contribution in [3.63, 3.8) is 0 Å². The fraction of sp³-hybridized carbons (Fsp3) is 0.353. The second-order valence-corrected chi connectivity index (χ2v) is 6.80. The molecule has 0 radical (unpaired) electrons. The quantitative estimate of drug-likeness (QED) is 0.685. The Hall–Kier alpha value is -2.19. The van der Waals surface area contributed by atoms with Crippen LogP contribution in [0.25, 0.3) is 6.08 Å². The number of nitrogens with one attached hydrogen (secondary N) is 1. The van der Waals surface area contributed by atoms with Crippen LogP contribution in [0.3, 0.4) is 0 Å². The maximum absolute atomic E-state index is 12.4. The van der Waals surface area contributed by atoms with Crippen LogP contribution < -0.4 is 10.1 Å². The number of halogens is 1. The molecule has 0 saturated carbocycles. The molecule has 0 atom stereocenters. The molecule has 1 heterocycles. The highest BCUT2D eigenvalue weighted by Gasteiger charge is 2.36. The number of carbonyl (C=O) groups is 3. The van der Waals surface area contributed by atoms with Crippen LogP contribution in [0.15, 0.2) is 17.0 Å². The van der Waals surface area contributed by atoms with Crippen LogP contribution in [0.5, 0.6) is 11.5 Å². The zero-order chi connectivity index (χ0) is 19.3. The first-order valence-corrected chi connectivity index (χ1v) is 9.24. The van der Waals surface area contributed by atoms with Crippen LogP contribution in [0, 0.1) is 0 Å². The van der Waals surface area contributed by atoms with E-state index in [-0.39, 0.29) is 33.9 Å². The van der Waals surface area contributed by atoms with Crippen molar-refractivity contribution in [3.8, 4) is 11.5 Å². The summed E-state index contributed by atoms with van der Waals surface area (Å²) in [6, 6.07) is 2.98. The molecule has 1 aromatic rings. The summed E-state index contributed by atoms with van der Waals surface area (Å²) >= 11 is 6.71. The molecule has 3 amide bonds. The van der Waals surface area contributed by atoms with Gasteiger partial charge in [0.15, 0.2) is 11.5 Å². The highest BCUT2D eigenvalue weighted by molar-refractivity contribution is 8.18. The van der Waals surface area contributed by atoms with E-state index in [0.29, 0.717) is 18.7 Å². The van der Waals surface area contributed by atoms with E-state index in [4.69, 9.17) is 16.3 Å². The highest BCUT2D eigenvalue weighted by Crippen LogP contribution is 2.38. The van der Waals surface area contributed by atoms with Crippen molar-refractivity contribution in [2.24, 2.45) is 0 Å². The van der Waals surface area contributed by atoms with Gasteiger partial charge in [0.1, 0.15) is 6.54 Å². The van der Waals surface area contributed by atoms with Crippen LogP contribution in [-0.4, -0.2) is 46.8 Å². The summed E-state index contributed by atoms with van der Waals surface area (Å²) in [5.74, 6) is -0.939. The van der Waals surface area contributed by atoms with Crippen LogP contribution in [-0.2, 0) is 9.59 Å². The number of phenolic OH excluding ortho intramolecular Hbond substituents is 1. The summed E-state index contributed by atoms with van der Waals surface area (Å²) in [6.45, 7) is 4.16. The number of imide groups is 1. The Labute approximate surface area is 160 Å². The summed E-state index contributed by atoms with van der Waals surface area (Å²) in [4.78, 5) is 37.3. The van der Waals surface area contributed by atoms with E-state index in [2.05, 4.69) is 5.32 Å². The zero-order valence-corrected chi connectivity index (χ0v) is 15.9. The minimum absolute atomic E-state index is 0.0698. The van der Waals surface area contributed by atoms with Gasteiger partial charge in [-0.1, -0.05) is 18.5 Å². The topological polar surface area (TPSA) is 95.9 Å². The van der Waals surface area contributed by atoms with Gasteiger partial charge in [-0.2, -0.15) is 0 Å². The SMILES string of the molecule is CCCNC(=O)CN1C(=O)S/C(=C\c2cc(Cl)c(O)c(OCC)c2)C1=O. The van der Waals surface area contributed by atoms with Crippen LogP contribution in [0.1, 0.15) is 25.8 Å². The van der Waals surface area contributed by atoms with Gasteiger partial charge in [0.05, 0.1) is 16.5 Å². The Morgan fingerprint density at radius 2 is 2.12 bits per heavy atom. The summed E-state index contributed by atoms with van der Waals surface area (Å²) < 4.78 is 5.30. The number of ether oxygens (including phenoxy) is 1. The lowest BCUT2D eigenvalue weighted by molar-refractivity contribution is -0.129. The predicted molar refractivity (Wildman–Crippen MR) is 100 cm³/mol. The lowest BCUT2D eigenvalue weighted by Gasteiger charge is -2.12. The maximum Gasteiger partial charge on any atom is 0.294 e. The van der Waals surface area contributed by atoms with Crippen molar-refractivity contribution < 1.29 is 24.2 Å². The predicted octanol–water partition coefficient (Wildman–Crippen LogP) is 3.01. The molecule has 1 fully saturated rings. The van der Waals surface area contributed by atoms with Crippen LogP contribution >= 0.6 is 23.4 Å². The summed E-state index contributed by atoms with van der Waals surface area (Å²) in [6.07, 6.45) is 2.24. The zero-order valence-electron chi connectivity index (χ0n) is 14.4. The van der Waals surface area contributed by atoms with E-state index < -0.39 is 11.1 Å². The third-order valence-corrected chi connectivity index (χ3v) is 4.59. The molecule has 2 N–H and O–H groups in total. The highest BCUT2D eigenvalue weighted by atomic mass is 35.5. The third-order valence-electron chi connectivity index (χ3n) is 3.40. The second-order valence-electron chi connectivity index (χ2n) is 5.40. The first kappa shape index (κ1) is 20.1. The number of hydrogen-bond acceptors (Lipinski definition) is 6. The number of hydrogen-bond donors (Lipinski definition) is 2. The van der Waals surface area contributed by atoms with Crippen molar-refractivity contribution in [1.82, 2.24) is 10.2 Å². The van der Waals surface area contributed by atoms with Crippen LogP contribution in [0.2, 0.25) is 5.02 Å². The minimum Gasteiger partial charge on any atom is -0.503 e. The van der Waals surface area contributed by atoms with Gasteiger partial charge in [-0.3, -0.25) is 19.3 Å². The number of thioether (sulfide) groups is 1. The van der Waals surface area contributed by atoms with Crippen molar-refractivity contribution in [1.29, 1.82) is 0 Å². The monoisotopic (exact) mass is 398 g/mol. The van der Waals surface area contributed by atoms with Gasteiger partial charge in [0.25, 0.3) is 11.1 Å². The average Bonchev–Trinajstić information content (AvgIpc) is 2.85. The summed E-state index contributed by atoms with van der Waals surface area (Å²) in [5.41, 5.74) is 0.497. The molecule has 1 saturated heterocycles. The van der Waals surface area contributed by atoms with Gasteiger partial charge in [-0.15, -0.1) is 0 Å². The number of benzene rings is 1. The fourth-order valence-corrected chi connectivity index (χ4v) is 3.25. The molecule has 0 aromatic heterocycles. The number of rotatable bonds is 7. The molecule has 0 aliphatic carbocycles. The van der Waals surface area contributed by atoms with E-state index in [0.717, 1.165) is 23.1 Å². The first-order valence-electron chi connectivity index (χ1n) is 8.04. The fourth-order valence-electron chi connectivity index (χ4n) is 2.19. The van der Waals surface area contributed by atoms with Gasteiger partial charge in [0, 0.05) is 6.54 Å². The number of phenols is 1. The van der Waals surface area contributed by atoms with E-state index in [1.807, 2.05) is 6.92 Å². The molecule has 140 valence electrons. The van der Waals surface area contributed by atoms with Crippen molar-refractivity contribution in [2.75, 3.05) is 19.7 Å². The number of amides is 3. The largest absolute Gasteiger partial charge is 0.503 e. The smallest absolute Gasteiger partial charge is 0.294 e. The lowest BCUT2D eigenvalue weighted by atomic mass is 10.2. The van der Waals surface area contributed by atoms with Gasteiger partial charge < -0.3 is 15.2 Å². The van der Waals surface area contributed by atoms with E-state index in [9.17, 15) is 19.5 Å². The maximum atomic E-state index is 12.4. The molecular weight excluding hydrogens is 380 g/mol. The normalized spacial score (nSPS) is 15.7. The van der Waals surface area contributed by atoms with Gasteiger partial charge >= 0.3 is 0 Å². The van der Waals surface area contributed by atoms with E-state index in [1.165, 1.54) is 18.2 Å². The standard InChI is InChI=1S/C17H19ClN2O5S/c1-3-5-19-14(21)9-20-16(23)13(26-17(20)24)8-10-6-11(18)15(22)12(7-10)25-4-2/h6-8,22H,3-5,9H2,1-2H3,(H,19,21)/b13-8-. The minimum atomic E-state index is -0.547. The molecule has 0 bridgehead atoms. The molecule has 1 aromatic carbocycles. The van der Waals surface area contributed by atoms with Crippen molar-refractivity contribution >= 4 is 46.5 Å². The second kappa shape index (κ2) is 8.95. The molecule has 0 spiro atoms. The first-order chi connectivity index (χ1) is 12.4. The van der Waals surface area contributed by atoms with E-state index in [1.54, 1.807) is 6.92 Å². The Morgan fingerprint density at radius 1 is 1.38 bits per heavy atom. The van der Waals surface area contributed by atoms with E-state index >= 15 is 0 Å². The lowest BCUT2D eigenvalue weighted by Crippen LogP contribution is -2.39. The molecule has 2 rings (SSSR count). The Kier molecular flexibility index (Phi) is 6.93. The average molecular weight is 399 g/mol. The van der Waals surface area contributed by atoms with Crippen molar-refractivity contribution in [3.05, 3.63) is 27.6 Å². The molecule has 9 heteroatoms. The summed E-state index contributed by atoms with van der Waals surface area (Å²) in [7, 11) is 0. The molecular formula is C17H19ClN2O5S. The molecule has 7 nitrogen and oxygen atoms in total. The summed E-state index contributed by atoms with van der Waals surface area (Å²) in [5, 5.41) is 12.0. The molecule has 1 aliphatic heterocycles. The van der Waals surface area contributed by atoms with Crippen molar-refractivity contribution in [2.45, 2.75) is 20.3 Å². The van der Waals surface area contributed by atoms with Crippen LogP contribution in [0.4, 0.5) is 4.79 Å². The molecule has 26 heavy (non-hydrogen) atoms. The Balaban J connectivity index is 2.20. The molecule has 0 unspecified atom stereocenters. The Morgan fingerprint density at radius 3 is 2.77 bits per heavy atom. The van der Waals surface area contributed by atoms with Gasteiger partial charge in [-0.25, -0.2) is 0 Å². The number of aromatic hydroxyl groups is 1. The van der Waals surface area contributed by atoms with Gasteiger partial charge in [-0.05, 0) is 48.9 Å². The number of carbonyl (C=O) groups excluding carboxylic acids is 3. The third kappa shape index (κ3) is 4.70.